The molecule has 3 aliphatic rings. The molecule has 0 N–H and O–H groups in total. The summed E-state index contributed by atoms with van der Waals surface area (Å²) >= 11 is 0. The van der Waals surface area contributed by atoms with Gasteiger partial charge in [0.05, 0.1) is 5.92 Å². The number of hydrogen-bond donors (Lipinski definition) is 0. The average Bonchev–Trinajstić information content (AvgIpc) is 2.89. The first kappa shape index (κ1) is 25.8. The molecule has 34 heavy (non-hydrogen) atoms. The summed E-state index contributed by atoms with van der Waals surface area (Å²) in [6, 6.07) is 8.38. The molecule has 1 aromatic carbocycles. The van der Waals surface area contributed by atoms with Crippen LogP contribution in [-0.2, 0) is 11.2 Å². The molecular formula is C32H50O2. The van der Waals surface area contributed by atoms with Gasteiger partial charge in [0.1, 0.15) is 5.75 Å². The highest BCUT2D eigenvalue weighted by molar-refractivity contribution is 5.75. The van der Waals surface area contributed by atoms with Crippen LogP contribution >= 0.6 is 0 Å². The summed E-state index contributed by atoms with van der Waals surface area (Å²) in [4.78, 5) is 12.8. The number of carbonyl (C=O) groups is 1. The van der Waals surface area contributed by atoms with Gasteiger partial charge in [-0.05, 0) is 98.7 Å². The van der Waals surface area contributed by atoms with Gasteiger partial charge >= 0.3 is 5.97 Å². The maximum Gasteiger partial charge on any atom is 0.314 e. The van der Waals surface area contributed by atoms with Crippen molar-refractivity contribution in [2.75, 3.05) is 0 Å². The minimum atomic E-state index is 0.00513. The van der Waals surface area contributed by atoms with E-state index in [0.717, 1.165) is 54.6 Å². The number of rotatable bonds is 9. The highest BCUT2D eigenvalue weighted by atomic mass is 16.5. The molecule has 4 rings (SSSR count). The van der Waals surface area contributed by atoms with Gasteiger partial charge in [0.15, 0.2) is 0 Å². The van der Waals surface area contributed by atoms with Crippen LogP contribution < -0.4 is 4.74 Å². The SMILES string of the molecule is CCCC1CCC(C2CCC(C(=O)Oc3ccc(CCC4CCC(CC)CC4)cc3)CC2)CC1. The van der Waals surface area contributed by atoms with Gasteiger partial charge < -0.3 is 4.74 Å². The molecule has 3 fully saturated rings. The van der Waals surface area contributed by atoms with Crippen LogP contribution in [0.2, 0.25) is 0 Å². The van der Waals surface area contributed by atoms with E-state index in [0.29, 0.717) is 0 Å². The van der Waals surface area contributed by atoms with Crippen molar-refractivity contribution in [3.8, 4) is 5.75 Å². The summed E-state index contributed by atoms with van der Waals surface area (Å²) < 4.78 is 5.81. The molecule has 2 heteroatoms. The van der Waals surface area contributed by atoms with Crippen molar-refractivity contribution in [3.05, 3.63) is 29.8 Å². The Morgan fingerprint density at radius 1 is 0.706 bits per heavy atom. The first-order valence-electron chi connectivity index (χ1n) is 14.9. The summed E-state index contributed by atoms with van der Waals surface area (Å²) in [7, 11) is 0. The van der Waals surface area contributed by atoms with Crippen molar-refractivity contribution in [1.29, 1.82) is 0 Å². The lowest BCUT2D eigenvalue weighted by Gasteiger charge is -2.37. The minimum Gasteiger partial charge on any atom is -0.426 e. The Balaban J connectivity index is 1.15. The Morgan fingerprint density at radius 3 is 1.82 bits per heavy atom. The summed E-state index contributed by atoms with van der Waals surface area (Å²) in [5.41, 5.74) is 1.38. The van der Waals surface area contributed by atoms with Crippen molar-refractivity contribution in [3.63, 3.8) is 0 Å². The fourth-order valence-corrected chi connectivity index (χ4v) is 7.41. The van der Waals surface area contributed by atoms with Gasteiger partial charge in [0, 0.05) is 0 Å². The fraction of sp³-hybridized carbons (Fsp3) is 0.781. The molecule has 0 spiro atoms. The lowest BCUT2D eigenvalue weighted by molar-refractivity contribution is -0.140. The van der Waals surface area contributed by atoms with Crippen LogP contribution in [0.3, 0.4) is 0 Å². The van der Waals surface area contributed by atoms with Gasteiger partial charge in [-0.3, -0.25) is 4.79 Å². The Kier molecular flexibility index (Phi) is 9.95. The molecule has 0 bridgehead atoms. The van der Waals surface area contributed by atoms with E-state index < -0.39 is 0 Å². The zero-order chi connectivity index (χ0) is 23.8. The number of carbonyl (C=O) groups excluding carboxylic acids is 1. The third kappa shape index (κ3) is 7.34. The topological polar surface area (TPSA) is 26.3 Å². The van der Waals surface area contributed by atoms with E-state index in [1.807, 2.05) is 12.1 Å². The van der Waals surface area contributed by atoms with Crippen molar-refractivity contribution >= 4 is 5.97 Å². The van der Waals surface area contributed by atoms with E-state index in [1.54, 1.807) is 0 Å². The number of aryl methyl sites for hydroxylation is 1. The predicted octanol–water partition coefficient (Wildman–Crippen LogP) is 9.15. The lowest BCUT2D eigenvalue weighted by Crippen LogP contribution is -2.30. The molecule has 0 aliphatic heterocycles. The van der Waals surface area contributed by atoms with E-state index in [4.69, 9.17) is 4.74 Å². The molecule has 1 aromatic rings. The average molecular weight is 467 g/mol. The zero-order valence-electron chi connectivity index (χ0n) is 22.1. The first-order chi connectivity index (χ1) is 16.6. The van der Waals surface area contributed by atoms with Crippen LogP contribution in [-0.4, -0.2) is 5.97 Å². The molecule has 3 aliphatic carbocycles. The fourth-order valence-electron chi connectivity index (χ4n) is 7.41. The van der Waals surface area contributed by atoms with Crippen molar-refractivity contribution in [1.82, 2.24) is 0 Å². The number of esters is 1. The van der Waals surface area contributed by atoms with Crippen LogP contribution in [0.25, 0.3) is 0 Å². The van der Waals surface area contributed by atoms with Gasteiger partial charge in [-0.15, -0.1) is 0 Å². The molecule has 0 aromatic heterocycles. The molecule has 2 nitrogen and oxygen atoms in total. The molecule has 0 heterocycles. The van der Waals surface area contributed by atoms with Gasteiger partial charge in [-0.2, -0.15) is 0 Å². The Labute approximate surface area is 209 Å². The van der Waals surface area contributed by atoms with Crippen molar-refractivity contribution < 1.29 is 9.53 Å². The van der Waals surface area contributed by atoms with E-state index in [9.17, 15) is 4.79 Å². The standard InChI is InChI=1S/C32H50O2/c1-3-5-25-12-16-28(17-13-25)29-18-20-30(21-19-29)32(33)34-31-22-14-27(15-23-31)11-10-26-8-6-24(4-2)7-9-26/h14-15,22-26,28-30H,3-13,16-21H2,1-2H3. The maximum absolute atomic E-state index is 12.8. The summed E-state index contributed by atoms with van der Waals surface area (Å²) in [5, 5.41) is 0. The van der Waals surface area contributed by atoms with Crippen LogP contribution in [0.15, 0.2) is 24.3 Å². The van der Waals surface area contributed by atoms with Crippen molar-refractivity contribution in [2.45, 2.75) is 123 Å². The van der Waals surface area contributed by atoms with Crippen LogP contribution in [0.1, 0.15) is 122 Å². The third-order valence-electron chi connectivity index (χ3n) is 9.89. The van der Waals surface area contributed by atoms with E-state index >= 15 is 0 Å². The quantitative estimate of drug-likeness (QED) is 0.268. The zero-order valence-corrected chi connectivity index (χ0v) is 22.1. The van der Waals surface area contributed by atoms with Gasteiger partial charge in [0.2, 0.25) is 0 Å². The smallest absolute Gasteiger partial charge is 0.314 e. The van der Waals surface area contributed by atoms with Crippen LogP contribution in [0, 0.1) is 35.5 Å². The Bertz CT molecular complexity index is 714. The minimum absolute atomic E-state index is 0.00513. The van der Waals surface area contributed by atoms with Crippen LogP contribution in [0.4, 0.5) is 0 Å². The largest absolute Gasteiger partial charge is 0.426 e. The molecule has 0 atom stereocenters. The van der Waals surface area contributed by atoms with Gasteiger partial charge in [-0.1, -0.05) is 83.8 Å². The van der Waals surface area contributed by atoms with E-state index in [-0.39, 0.29) is 11.9 Å². The predicted molar refractivity (Wildman–Crippen MR) is 142 cm³/mol. The van der Waals surface area contributed by atoms with Crippen molar-refractivity contribution in [2.24, 2.45) is 35.5 Å². The lowest BCUT2D eigenvalue weighted by atomic mass is 9.69. The molecule has 0 radical (unpaired) electrons. The molecule has 3 saturated carbocycles. The molecular weight excluding hydrogens is 416 g/mol. The van der Waals surface area contributed by atoms with Gasteiger partial charge in [-0.25, -0.2) is 0 Å². The molecule has 0 amide bonds. The number of hydrogen-bond acceptors (Lipinski definition) is 2. The maximum atomic E-state index is 12.8. The van der Waals surface area contributed by atoms with Crippen LogP contribution in [0.5, 0.6) is 5.75 Å². The van der Waals surface area contributed by atoms with E-state index in [2.05, 4.69) is 26.0 Å². The highest BCUT2D eigenvalue weighted by Crippen LogP contribution is 2.42. The monoisotopic (exact) mass is 466 g/mol. The second-order valence-corrected chi connectivity index (χ2v) is 12.1. The second kappa shape index (κ2) is 13.1. The first-order valence-corrected chi connectivity index (χ1v) is 14.9. The Hall–Kier alpha value is -1.31. The molecule has 190 valence electrons. The molecule has 0 unspecified atom stereocenters. The number of benzene rings is 1. The second-order valence-electron chi connectivity index (χ2n) is 12.1. The van der Waals surface area contributed by atoms with E-state index in [1.165, 1.54) is 95.5 Å². The summed E-state index contributed by atoms with van der Waals surface area (Å²) in [5.74, 6) is 5.47. The normalized spacial score (nSPS) is 32.3. The summed E-state index contributed by atoms with van der Waals surface area (Å²) in [6.45, 7) is 4.66. The Morgan fingerprint density at radius 2 is 1.24 bits per heavy atom. The van der Waals surface area contributed by atoms with Gasteiger partial charge in [0.25, 0.3) is 0 Å². The summed E-state index contributed by atoms with van der Waals surface area (Å²) in [6.07, 6.45) is 22.5. The molecule has 0 saturated heterocycles. The third-order valence-corrected chi connectivity index (χ3v) is 9.89. The number of ether oxygens (including phenoxy) is 1. The highest BCUT2D eigenvalue weighted by Gasteiger charge is 2.33.